The molecule has 0 aromatic carbocycles. The molecule has 0 radical (unpaired) electrons. The molecule has 2 heterocycles. The third kappa shape index (κ3) is 2.76. The molecule has 2 aromatic rings. The zero-order chi connectivity index (χ0) is 16.7. The van der Waals surface area contributed by atoms with Gasteiger partial charge in [0.1, 0.15) is 6.54 Å². The minimum absolute atomic E-state index is 0.0205. The van der Waals surface area contributed by atoms with E-state index in [9.17, 15) is 22.8 Å². The van der Waals surface area contributed by atoms with Gasteiger partial charge in [-0.15, -0.1) is 0 Å². The number of hydrogen-bond donors (Lipinski definition) is 1. The predicted molar refractivity (Wildman–Crippen MR) is 70.1 cm³/mol. The molecule has 11 heteroatoms. The monoisotopic (exact) mass is 321 g/mol. The Bertz CT molecular complexity index is 804. The van der Waals surface area contributed by atoms with Crippen LogP contribution in [0.5, 0.6) is 0 Å². The van der Waals surface area contributed by atoms with E-state index in [1.54, 1.807) is 0 Å². The molecule has 8 nitrogen and oxygen atoms in total. The van der Waals surface area contributed by atoms with Crippen molar-refractivity contribution in [2.45, 2.75) is 25.9 Å². The van der Waals surface area contributed by atoms with Gasteiger partial charge in [-0.25, -0.2) is 19.5 Å². The van der Waals surface area contributed by atoms with Gasteiger partial charge in [0.15, 0.2) is 11.7 Å². The summed E-state index contributed by atoms with van der Waals surface area (Å²) < 4.78 is 40.0. The molecule has 2 rings (SSSR count). The van der Waals surface area contributed by atoms with Gasteiger partial charge in [-0.05, 0) is 6.92 Å². The second-order valence-electron chi connectivity index (χ2n) is 4.59. The van der Waals surface area contributed by atoms with Gasteiger partial charge in [0, 0.05) is 14.1 Å². The molecule has 22 heavy (non-hydrogen) atoms. The number of alkyl halides is 3. The maximum Gasteiger partial charge on any atom is 0.408 e. The number of aromatic nitrogens is 4. The van der Waals surface area contributed by atoms with E-state index in [2.05, 4.69) is 10.6 Å². The Morgan fingerprint density at radius 2 is 2.05 bits per heavy atom. The van der Waals surface area contributed by atoms with E-state index in [-0.39, 0.29) is 11.0 Å². The van der Waals surface area contributed by atoms with Crippen molar-refractivity contribution >= 4 is 11.0 Å². The largest absolute Gasteiger partial charge is 0.408 e. The summed E-state index contributed by atoms with van der Waals surface area (Å²) in [5, 5.41) is 3.56. The van der Waals surface area contributed by atoms with Crippen LogP contribution in [0.3, 0.4) is 0 Å². The Kier molecular flexibility index (Phi) is 4.11. The minimum atomic E-state index is -4.54. The molecule has 0 aliphatic rings. The lowest BCUT2D eigenvalue weighted by atomic mass is 10.4. The van der Waals surface area contributed by atoms with Crippen molar-refractivity contribution < 1.29 is 18.0 Å². The average molecular weight is 321 g/mol. The van der Waals surface area contributed by atoms with Gasteiger partial charge in [-0.1, -0.05) is 0 Å². The summed E-state index contributed by atoms with van der Waals surface area (Å²) in [5.74, 6) is 0. The molecular weight excluding hydrogens is 307 g/mol. The van der Waals surface area contributed by atoms with E-state index in [1.807, 2.05) is 0 Å². The maximum atomic E-state index is 12.6. The normalized spacial score (nSPS) is 13.7. The molecule has 0 amide bonds. The Morgan fingerprint density at radius 1 is 1.41 bits per heavy atom. The van der Waals surface area contributed by atoms with E-state index in [1.165, 1.54) is 21.0 Å². The highest BCUT2D eigenvalue weighted by Gasteiger charge is 2.30. The number of hydroxylamine groups is 1. The van der Waals surface area contributed by atoms with Gasteiger partial charge >= 0.3 is 11.9 Å². The fraction of sp³-hybridized carbons (Fsp3) is 0.545. The third-order valence-electron chi connectivity index (χ3n) is 3.08. The van der Waals surface area contributed by atoms with Gasteiger partial charge in [0.05, 0.1) is 11.7 Å². The Morgan fingerprint density at radius 3 is 2.59 bits per heavy atom. The fourth-order valence-corrected chi connectivity index (χ4v) is 2.14. The first-order valence-electron chi connectivity index (χ1n) is 6.23. The molecule has 0 bridgehead atoms. The first kappa shape index (κ1) is 16.2. The second-order valence-corrected chi connectivity index (χ2v) is 4.59. The van der Waals surface area contributed by atoms with E-state index < -0.39 is 30.2 Å². The summed E-state index contributed by atoms with van der Waals surface area (Å²) >= 11 is 0. The molecule has 0 fully saturated rings. The Balaban J connectivity index is 2.76. The lowest BCUT2D eigenvalue weighted by Gasteiger charge is -2.16. The molecule has 1 atom stereocenters. The summed E-state index contributed by atoms with van der Waals surface area (Å²) in [7, 11) is 2.77. The molecule has 0 aliphatic heterocycles. The van der Waals surface area contributed by atoms with Gasteiger partial charge in [-0.2, -0.15) is 18.3 Å². The summed E-state index contributed by atoms with van der Waals surface area (Å²) in [6.07, 6.45) is -4.50. The first-order valence-corrected chi connectivity index (χ1v) is 6.23. The Hall–Kier alpha value is -2.14. The average Bonchev–Trinajstić information content (AvgIpc) is 2.78. The van der Waals surface area contributed by atoms with Gasteiger partial charge in [0.25, 0.3) is 5.56 Å². The Labute approximate surface area is 121 Å². The highest BCUT2D eigenvalue weighted by Crippen LogP contribution is 2.19. The molecule has 0 saturated heterocycles. The highest BCUT2D eigenvalue weighted by molar-refractivity contribution is 5.73. The number of hydrogen-bond acceptors (Lipinski definition) is 5. The van der Waals surface area contributed by atoms with Crippen LogP contribution in [0, 0.1) is 0 Å². The van der Waals surface area contributed by atoms with Crippen molar-refractivity contribution in [3.63, 3.8) is 0 Å². The number of rotatable bonds is 4. The van der Waals surface area contributed by atoms with Crippen LogP contribution in [0.1, 0.15) is 13.2 Å². The first-order chi connectivity index (χ1) is 10.2. The van der Waals surface area contributed by atoms with Crippen molar-refractivity contribution in [2.75, 3.05) is 7.05 Å². The fourth-order valence-electron chi connectivity index (χ4n) is 2.14. The summed E-state index contributed by atoms with van der Waals surface area (Å²) in [4.78, 5) is 29.5. The lowest BCUT2D eigenvalue weighted by Crippen LogP contribution is -2.43. The van der Waals surface area contributed by atoms with Crippen LogP contribution in [0.2, 0.25) is 0 Å². The van der Waals surface area contributed by atoms with Crippen LogP contribution in [-0.4, -0.2) is 32.1 Å². The second kappa shape index (κ2) is 5.57. The lowest BCUT2D eigenvalue weighted by molar-refractivity contribution is -0.141. The van der Waals surface area contributed by atoms with E-state index in [0.717, 1.165) is 10.8 Å². The molecule has 2 aromatic heterocycles. The predicted octanol–water partition coefficient (Wildman–Crippen LogP) is 0.129. The topological polar surface area (TPSA) is 83.1 Å². The number of nitrogens with one attached hydrogen (secondary N) is 1. The summed E-state index contributed by atoms with van der Waals surface area (Å²) in [6, 6.07) is 0. The summed E-state index contributed by atoms with van der Waals surface area (Å²) in [6.45, 7) is -0.0131. The van der Waals surface area contributed by atoms with Crippen molar-refractivity contribution in [1.82, 2.24) is 24.4 Å². The van der Waals surface area contributed by atoms with Gasteiger partial charge in [0.2, 0.25) is 0 Å². The van der Waals surface area contributed by atoms with Gasteiger partial charge in [-0.3, -0.25) is 14.2 Å². The smallest absolute Gasteiger partial charge is 0.293 e. The molecule has 122 valence electrons. The van der Waals surface area contributed by atoms with Crippen LogP contribution in [0.4, 0.5) is 13.2 Å². The van der Waals surface area contributed by atoms with Crippen molar-refractivity contribution in [3.05, 3.63) is 27.0 Å². The highest BCUT2D eigenvalue weighted by atomic mass is 19.4. The molecular formula is C11H14F3N5O3. The van der Waals surface area contributed by atoms with E-state index in [4.69, 9.17) is 4.84 Å². The van der Waals surface area contributed by atoms with Crippen molar-refractivity contribution in [2.24, 2.45) is 7.05 Å². The van der Waals surface area contributed by atoms with Crippen LogP contribution >= 0.6 is 0 Å². The number of halogens is 3. The maximum absolute atomic E-state index is 12.6. The van der Waals surface area contributed by atoms with E-state index in [0.29, 0.717) is 9.25 Å². The number of nitrogens with zero attached hydrogens (tertiary/aromatic N) is 4. The molecule has 1 unspecified atom stereocenters. The van der Waals surface area contributed by atoms with Crippen molar-refractivity contribution in [1.29, 1.82) is 0 Å². The number of fused-ring (bicyclic) bond motifs is 1. The third-order valence-corrected chi connectivity index (χ3v) is 3.08. The minimum Gasteiger partial charge on any atom is -0.293 e. The van der Waals surface area contributed by atoms with E-state index >= 15 is 0 Å². The standard InChI is InChI=1S/C11H14F3N5O3/c1-6(22-15-2)19-9(20)8-7(17(3)10(19)21)4-16-18(8)5-11(12,13)14/h4,6,15H,5H2,1-3H3. The van der Waals surface area contributed by atoms with Crippen LogP contribution in [0.25, 0.3) is 11.0 Å². The molecule has 0 saturated carbocycles. The zero-order valence-electron chi connectivity index (χ0n) is 12.0. The molecule has 0 aliphatic carbocycles. The zero-order valence-corrected chi connectivity index (χ0v) is 12.0. The molecule has 1 N–H and O–H groups in total. The van der Waals surface area contributed by atoms with Gasteiger partial charge < -0.3 is 0 Å². The van der Waals surface area contributed by atoms with Crippen LogP contribution in [0.15, 0.2) is 15.8 Å². The van der Waals surface area contributed by atoms with Crippen LogP contribution in [-0.2, 0) is 18.4 Å². The number of aryl methyl sites for hydroxylation is 1. The summed E-state index contributed by atoms with van der Waals surface area (Å²) in [5.41, 5.74) is 0.415. The van der Waals surface area contributed by atoms with Crippen LogP contribution < -0.4 is 16.7 Å². The van der Waals surface area contributed by atoms with Crippen molar-refractivity contribution in [3.8, 4) is 0 Å². The molecule has 0 spiro atoms. The quantitative estimate of drug-likeness (QED) is 0.809. The SMILES string of the molecule is CNOC(C)n1c(=O)c2c(cnn2CC(F)(F)F)n(C)c1=O.